The van der Waals surface area contributed by atoms with Gasteiger partial charge >= 0.3 is 5.97 Å². The monoisotopic (exact) mass is 265 g/mol. The van der Waals surface area contributed by atoms with E-state index in [0.29, 0.717) is 12.2 Å². The third-order valence-electron chi connectivity index (χ3n) is 3.40. The first kappa shape index (κ1) is 13.7. The van der Waals surface area contributed by atoms with Crippen molar-refractivity contribution in [2.75, 3.05) is 25.2 Å². The van der Waals surface area contributed by atoms with E-state index in [0.717, 1.165) is 25.8 Å². The molecule has 0 spiro atoms. The molecule has 19 heavy (non-hydrogen) atoms. The van der Waals surface area contributed by atoms with Crippen molar-refractivity contribution in [2.45, 2.75) is 31.7 Å². The van der Waals surface area contributed by atoms with Crippen molar-refractivity contribution >= 4 is 11.8 Å². The van der Waals surface area contributed by atoms with Gasteiger partial charge in [0.2, 0.25) is 0 Å². The Morgan fingerprint density at radius 3 is 3.11 bits per heavy atom. The van der Waals surface area contributed by atoms with Crippen molar-refractivity contribution in [1.29, 1.82) is 0 Å². The number of esters is 1. The number of aliphatic hydroxyl groups is 1. The maximum absolute atomic E-state index is 11.5. The molecule has 0 radical (unpaired) electrons. The highest BCUT2D eigenvalue weighted by Gasteiger charge is 2.24. The van der Waals surface area contributed by atoms with Crippen molar-refractivity contribution in [3.63, 3.8) is 0 Å². The number of ether oxygens (including phenoxy) is 1. The van der Waals surface area contributed by atoms with Gasteiger partial charge in [0.1, 0.15) is 5.82 Å². The average Bonchev–Trinajstić information content (AvgIpc) is 2.47. The number of rotatable bonds is 4. The molecule has 1 fully saturated rings. The van der Waals surface area contributed by atoms with Crippen LogP contribution in [-0.4, -0.2) is 47.3 Å². The number of aromatic nitrogens is 2. The van der Waals surface area contributed by atoms with E-state index in [-0.39, 0.29) is 18.3 Å². The van der Waals surface area contributed by atoms with E-state index >= 15 is 0 Å². The van der Waals surface area contributed by atoms with Gasteiger partial charge in [-0.25, -0.2) is 9.78 Å². The number of carbonyl (C=O) groups is 1. The van der Waals surface area contributed by atoms with Gasteiger partial charge in [0.15, 0.2) is 5.69 Å². The van der Waals surface area contributed by atoms with Crippen LogP contribution < -0.4 is 4.90 Å². The van der Waals surface area contributed by atoms with E-state index in [1.54, 1.807) is 6.20 Å². The first-order chi connectivity index (χ1) is 9.26. The van der Waals surface area contributed by atoms with Crippen LogP contribution in [0.5, 0.6) is 0 Å². The Kier molecular flexibility index (Phi) is 4.68. The predicted octanol–water partition coefficient (Wildman–Crippen LogP) is 1.00. The molecule has 6 heteroatoms. The van der Waals surface area contributed by atoms with Crippen molar-refractivity contribution < 1.29 is 14.6 Å². The minimum Gasteiger partial charge on any atom is -0.464 e. The molecule has 0 amide bonds. The third-order valence-corrected chi connectivity index (χ3v) is 3.40. The summed E-state index contributed by atoms with van der Waals surface area (Å²) in [6, 6.07) is 0.265. The topological polar surface area (TPSA) is 75.5 Å². The summed E-state index contributed by atoms with van der Waals surface area (Å²) in [6.07, 6.45) is 7.05. The zero-order valence-electron chi connectivity index (χ0n) is 11.1. The van der Waals surface area contributed by atoms with E-state index in [1.165, 1.54) is 13.3 Å². The Balaban J connectivity index is 2.21. The molecule has 2 rings (SSSR count). The highest BCUT2D eigenvalue weighted by molar-refractivity contribution is 5.87. The first-order valence-corrected chi connectivity index (χ1v) is 6.54. The molecule has 1 aliphatic rings. The molecule has 6 nitrogen and oxygen atoms in total. The number of hydrogen-bond acceptors (Lipinski definition) is 6. The highest BCUT2D eigenvalue weighted by atomic mass is 16.5. The molecule has 104 valence electrons. The Morgan fingerprint density at radius 2 is 2.37 bits per heavy atom. The predicted molar refractivity (Wildman–Crippen MR) is 70.1 cm³/mol. The quantitative estimate of drug-likeness (QED) is 0.819. The number of anilines is 1. The highest BCUT2D eigenvalue weighted by Crippen LogP contribution is 2.24. The lowest BCUT2D eigenvalue weighted by atomic mass is 10.00. The number of piperidine rings is 1. The van der Waals surface area contributed by atoms with Gasteiger partial charge < -0.3 is 14.7 Å². The van der Waals surface area contributed by atoms with Crippen LogP contribution in [0, 0.1) is 0 Å². The van der Waals surface area contributed by atoms with E-state index in [9.17, 15) is 4.79 Å². The lowest BCUT2D eigenvalue weighted by molar-refractivity contribution is 0.0593. The molecule has 2 heterocycles. The molecule has 1 aliphatic heterocycles. The SMILES string of the molecule is COC(=O)c1cncc(N2CCCCC2CCO)n1. The molecule has 0 bridgehead atoms. The number of methoxy groups -OCH3 is 1. The maximum Gasteiger partial charge on any atom is 0.358 e. The van der Waals surface area contributed by atoms with Crippen LogP contribution in [0.25, 0.3) is 0 Å². The van der Waals surface area contributed by atoms with Crippen molar-refractivity contribution in [1.82, 2.24) is 9.97 Å². The van der Waals surface area contributed by atoms with Gasteiger partial charge in [-0.3, -0.25) is 4.98 Å². The first-order valence-electron chi connectivity index (χ1n) is 6.54. The summed E-state index contributed by atoms with van der Waals surface area (Å²) in [7, 11) is 1.33. The van der Waals surface area contributed by atoms with Crippen LogP contribution >= 0.6 is 0 Å². The second kappa shape index (κ2) is 6.47. The molecular weight excluding hydrogens is 246 g/mol. The van der Waals surface area contributed by atoms with Crippen molar-refractivity contribution in [2.24, 2.45) is 0 Å². The Bertz CT molecular complexity index is 437. The molecule has 1 aromatic heterocycles. The van der Waals surface area contributed by atoms with E-state index < -0.39 is 5.97 Å². The van der Waals surface area contributed by atoms with E-state index in [1.807, 2.05) is 0 Å². The molecule has 0 aliphatic carbocycles. The van der Waals surface area contributed by atoms with E-state index in [4.69, 9.17) is 5.11 Å². The summed E-state index contributed by atoms with van der Waals surface area (Å²) in [5, 5.41) is 9.13. The molecule has 1 saturated heterocycles. The summed E-state index contributed by atoms with van der Waals surface area (Å²) in [6.45, 7) is 1.04. The minimum absolute atomic E-state index is 0.158. The fourth-order valence-electron chi connectivity index (χ4n) is 2.45. The number of nitrogens with zero attached hydrogens (tertiary/aromatic N) is 3. The van der Waals surface area contributed by atoms with Gasteiger partial charge in [-0.2, -0.15) is 0 Å². The summed E-state index contributed by atoms with van der Waals surface area (Å²) >= 11 is 0. The molecule has 1 atom stereocenters. The van der Waals surface area contributed by atoms with Crippen LogP contribution in [0.3, 0.4) is 0 Å². The van der Waals surface area contributed by atoms with Gasteiger partial charge in [0, 0.05) is 19.2 Å². The molecular formula is C13H19N3O3. The largest absolute Gasteiger partial charge is 0.464 e. The van der Waals surface area contributed by atoms with Gasteiger partial charge in [-0.1, -0.05) is 0 Å². The second-order valence-corrected chi connectivity index (χ2v) is 4.61. The average molecular weight is 265 g/mol. The van der Waals surface area contributed by atoms with Crippen molar-refractivity contribution in [3.8, 4) is 0 Å². The molecule has 0 aromatic carbocycles. The Labute approximate surface area is 112 Å². The molecule has 1 unspecified atom stereocenters. The van der Waals surface area contributed by atoms with Crippen LogP contribution in [0.1, 0.15) is 36.2 Å². The number of carbonyl (C=O) groups excluding carboxylic acids is 1. The summed E-state index contributed by atoms with van der Waals surface area (Å²) in [5.41, 5.74) is 0.216. The number of aliphatic hydroxyl groups excluding tert-OH is 1. The van der Waals surface area contributed by atoms with Crippen LogP contribution in [0.2, 0.25) is 0 Å². The second-order valence-electron chi connectivity index (χ2n) is 4.61. The molecule has 0 saturated carbocycles. The van der Waals surface area contributed by atoms with Crippen LogP contribution in [0.15, 0.2) is 12.4 Å². The minimum atomic E-state index is -0.481. The van der Waals surface area contributed by atoms with Crippen molar-refractivity contribution in [3.05, 3.63) is 18.1 Å². The molecule has 1 aromatic rings. The molecule has 1 N–H and O–H groups in total. The Hall–Kier alpha value is -1.69. The normalized spacial score (nSPS) is 19.3. The van der Waals surface area contributed by atoms with Gasteiger partial charge in [0.25, 0.3) is 0 Å². The summed E-state index contributed by atoms with van der Waals surface area (Å²) in [4.78, 5) is 22.0. The van der Waals surface area contributed by atoms with Gasteiger partial charge in [-0.15, -0.1) is 0 Å². The van der Waals surface area contributed by atoms with Gasteiger partial charge in [0.05, 0.1) is 19.5 Å². The number of hydrogen-bond donors (Lipinski definition) is 1. The summed E-state index contributed by atoms with van der Waals surface area (Å²) < 4.78 is 4.65. The van der Waals surface area contributed by atoms with E-state index in [2.05, 4.69) is 19.6 Å². The fraction of sp³-hybridized carbons (Fsp3) is 0.615. The Morgan fingerprint density at radius 1 is 1.53 bits per heavy atom. The fourth-order valence-corrected chi connectivity index (χ4v) is 2.45. The lowest BCUT2D eigenvalue weighted by Crippen LogP contribution is -2.40. The third kappa shape index (κ3) is 3.20. The van der Waals surface area contributed by atoms with Crippen LogP contribution in [0.4, 0.5) is 5.82 Å². The standard InChI is InChI=1S/C13H19N3O3/c1-19-13(18)11-8-14-9-12(15-11)16-6-3-2-4-10(16)5-7-17/h8-10,17H,2-7H2,1H3. The lowest BCUT2D eigenvalue weighted by Gasteiger charge is -2.36. The zero-order valence-corrected chi connectivity index (χ0v) is 11.1. The van der Waals surface area contributed by atoms with Gasteiger partial charge in [-0.05, 0) is 25.7 Å². The van der Waals surface area contributed by atoms with Crippen LogP contribution in [-0.2, 0) is 4.74 Å². The smallest absolute Gasteiger partial charge is 0.358 e. The zero-order chi connectivity index (χ0) is 13.7. The summed E-state index contributed by atoms with van der Waals surface area (Å²) in [5.74, 6) is 0.200. The maximum atomic E-state index is 11.5.